The van der Waals surface area contributed by atoms with E-state index in [-0.39, 0.29) is 18.5 Å². The van der Waals surface area contributed by atoms with Crippen LogP contribution < -0.4 is 5.32 Å². The summed E-state index contributed by atoms with van der Waals surface area (Å²) in [6, 6.07) is 1.96. The van der Waals surface area contributed by atoms with Crippen LogP contribution in [0, 0.1) is 11.3 Å². The van der Waals surface area contributed by atoms with Crippen LogP contribution in [-0.2, 0) is 11.3 Å². The number of anilines is 1. The highest BCUT2D eigenvalue weighted by atomic mass is 16.2. The van der Waals surface area contributed by atoms with Gasteiger partial charge in [-0.25, -0.2) is 4.79 Å². The van der Waals surface area contributed by atoms with Gasteiger partial charge in [-0.2, -0.15) is 5.10 Å². The van der Waals surface area contributed by atoms with Gasteiger partial charge in [0.25, 0.3) is 0 Å². The Morgan fingerprint density at radius 1 is 1.36 bits per heavy atom. The minimum absolute atomic E-state index is 0.0354. The number of hydrogen-bond acceptors (Lipinski definition) is 3. The number of urea groups is 1. The third kappa shape index (κ3) is 3.37. The molecule has 0 bridgehead atoms. The predicted molar refractivity (Wildman–Crippen MR) is 96.2 cm³/mol. The molecule has 1 aliphatic heterocycles. The second-order valence-corrected chi connectivity index (χ2v) is 8.00. The van der Waals surface area contributed by atoms with E-state index in [4.69, 9.17) is 0 Å². The maximum absolute atomic E-state index is 12.7. The van der Waals surface area contributed by atoms with Crippen molar-refractivity contribution in [3.8, 4) is 0 Å². The Morgan fingerprint density at radius 2 is 2.04 bits per heavy atom. The minimum atomic E-state index is -0.0830. The van der Waals surface area contributed by atoms with Crippen molar-refractivity contribution in [2.75, 3.05) is 26.0 Å². The maximum atomic E-state index is 12.7. The Bertz CT molecular complexity index is 646. The first-order valence-corrected chi connectivity index (χ1v) is 9.14. The van der Waals surface area contributed by atoms with E-state index < -0.39 is 0 Å². The number of carbonyl (C=O) groups is 2. The summed E-state index contributed by atoms with van der Waals surface area (Å²) < 4.78 is 1.55. The monoisotopic (exact) mass is 347 g/mol. The molecule has 2 heterocycles. The summed E-state index contributed by atoms with van der Waals surface area (Å²) >= 11 is 0. The second-order valence-electron chi connectivity index (χ2n) is 8.00. The van der Waals surface area contributed by atoms with E-state index >= 15 is 0 Å². The molecule has 7 nitrogen and oxygen atoms in total. The molecule has 1 N–H and O–H groups in total. The Balaban J connectivity index is 1.61. The molecule has 0 aromatic carbocycles. The van der Waals surface area contributed by atoms with Gasteiger partial charge >= 0.3 is 6.03 Å². The van der Waals surface area contributed by atoms with E-state index in [0.29, 0.717) is 23.2 Å². The highest BCUT2D eigenvalue weighted by Crippen LogP contribution is 2.52. The van der Waals surface area contributed by atoms with Crippen molar-refractivity contribution in [2.24, 2.45) is 11.3 Å². The van der Waals surface area contributed by atoms with Gasteiger partial charge in [0, 0.05) is 44.4 Å². The summed E-state index contributed by atoms with van der Waals surface area (Å²) in [7, 11) is 3.42. The van der Waals surface area contributed by atoms with E-state index in [9.17, 15) is 9.59 Å². The van der Waals surface area contributed by atoms with Crippen molar-refractivity contribution in [3.63, 3.8) is 0 Å². The number of likely N-dealkylation sites (tertiary alicyclic amines) is 1. The van der Waals surface area contributed by atoms with Crippen molar-refractivity contribution in [1.29, 1.82) is 0 Å². The number of likely N-dealkylation sites (N-methyl/N-ethyl adjacent to an activating group) is 1. The van der Waals surface area contributed by atoms with Gasteiger partial charge in [-0.1, -0.05) is 26.7 Å². The lowest BCUT2D eigenvalue weighted by atomic mass is 9.66. The van der Waals surface area contributed by atoms with Crippen LogP contribution in [0.3, 0.4) is 0 Å². The number of hydrogen-bond donors (Lipinski definition) is 1. The third-order valence-electron chi connectivity index (χ3n) is 5.61. The lowest BCUT2D eigenvalue weighted by Gasteiger charge is -2.58. The molecule has 25 heavy (non-hydrogen) atoms. The Kier molecular flexibility index (Phi) is 4.75. The molecule has 0 unspecified atom stereocenters. The fraction of sp³-hybridized carbons (Fsp3) is 0.722. The standard InChI is InChI=1S/C18H29N5O2/c1-13(2)16-18(8-5-6-9-18)12-23(16)17(25)19-14-7-10-22(20-14)11-15(24)21(3)4/h7,10,13,16H,5-6,8-9,11-12H2,1-4H3,(H,19,20,25)/t16-/m0/s1. The zero-order chi connectivity index (χ0) is 18.2. The summed E-state index contributed by atoms with van der Waals surface area (Å²) in [6.45, 7) is 5.42. The topological polar surface area (TPSA) is 70.5 Å². The van der Waals surface area contributed by atoms with Crippen LogP contribution in [0.4, 0.5) is 10.6 Å². The molecule has 3 rings (SSSR count). The molecule has 1 aromatic rings. The number of nitrogens with zero attached hydrogens (tertiary/aromatic N) is 4. The van der Waals surface area contributed by atoms with Crippen LogP contribution in [0.2, 0.25) is 0 Å². The van der Waals surface area contributed by atoms with Crippen LogP contribution in [0.5, 0.6) is 0 Å². The number of carbonyl (C=O) groups excluding carboxylic acids is 2. The lowest BCUT2D eigenvalue weighted by Crippen LogP contribution is -2.68. The number of aromatic nitrogens is 2. The van der Waals surface area contributed by atoms with Crippen molar-refractivity contribution < 1.29 is 9.59 Å². The van der Waals surface area contributed by atoms with Gasteiger partial charge in [-0.3, -0.25) is 14.8 Å². The zero-order valence-corrected chi connectivity index (χ0v) is 15.7. The average Bonchev–Trinajstić information content (AvgIpc) is 3.14. The zero-order valence-electron chi connectivity index (χ0n) is 15.7. The summed E-state index contributed by atoms with van der Waals surface area (Å²) in [5.74, 6) is 0.908. The Hall–Kier alpha value is -2.05. The van der Waals surface area contributed by atoms with Crippen LogP contribution >= 0.6 is 0 Å². The molecule has 1 saturated carbocycles. The highest BCUT2D eigenvalue weighted by molar-refractivity contribution is 5.89. The molecule has 0 radical (unpaired) electrons. The van der Waals surface area contributed by atoms with Crippen molar-refractivity contribution in [3.05, 3.63) is 12.3 Å². The molecule has 1 atom stereocenters. The maximum Gasteiger partial charge on any atom is 0.323 e. The molecule has 1 spiro atoms. The third-order valence-corrected chi connectivity index (χ3v) is 5.61. The van der Waals surface area contributed by atoms with Gasteiger partial charge in [-0.15, -0.1) is 0 Å². The summed E-state index contributed by atoms with van der Waals surface area (Å²) in [6.07, 6.45) is 6.75. The summed E-state index contributed by atoms with van der Waals surface area (Å²) in [5, 5.41) is 7.17. The van der Waals surface area contributed by atoms with Crippen LogP contribution in [-0.4, -0.2) is 58.2 Å². The first-order valence-electron chi connectivity index (χ1n) is 9.14. The molecular formula is C18H29N5O2. The Labute approximate surface area is 149 Å². The highest BCUT2D eigenvalue weighted by Gasteiger charge is 2.56. The van der Waals surface area contributed by atoms with E-state index in [2.05, 4.69) is 24.3 Å². The second kappa shape index (κ2) is 6.69. The summed E-state index contributed by atoms with van der Waals surface area (Å²) in [4.78, 5) is 27.9. The molecule has 2 aliphatic rings. The number of nitrogens with one attached hydrogen (secondary N) is 1. The quantitative estimate of drug-likeness (QED) is 0.909. The van der Waals surface area contributed by atoms with Gasteiger partial charge in [0.1, 0.15) is 6.54 Å². The van der Waals surface area contributed by atoms with E-state index in [1.807, 2.05) is 4.90 Å². The molecule has 3 amide bonds. The molecule has 7 heteroatoms. The van der Waals surface area contributed by atoms with Gasteiger partial charge in [0.05, 0.1) is 0 Å². The van der Waals surface area contributed by atoms with Crippen molar-refractivity contribution in [1.82, 2.24) is 19.6 Å². The first kappa shape index (κ1) is 17.8. The molecule has 1 aliphatic carbocycles. The largest absolute Gasteiger partial charge is 0.347 e. The van der Waals surface area contributed by atoms with Gasteiger partial charge in [-0.05, 0) is 18.8 Å². The number of rotatable bonds is 4. The molecular weight excluding hydrogens is 318 g/mol. The van der Waals surface area contributed by atoms with Crippen LogP contribution in [0.15, 0.2) is 12.3 Å². The first-order chi connectivity index (χ1) is 11.8. The predicted octanol–water partition coefficient (Wildman–Crippen LogP) is 2.40. The summed E-state index contributed by atoms with van der Waals surface area (Å²) in [5.41, 5.74) is 0.336. The van der Waals surface area contributed by atoms with Crippen molar-refractivity contribution >= 4 is 17.8 Å². The minimum Gasteiger partial charge on any atom is -0.347 e. The lowest BCUT2D eigenvalue weighted by molar-refractivity contribution is -0.129. The molecule has 1 aromatic heterocycles. The molecule has 1 saturated heterocycles. The smallest absolute Gasteiger partial charge is 0.323 e. The van der Waals surface area contributed by atoms with Crippen molar-refractivity contribution in [2.45, 2.75) is 52.1 Å². The normalized spacial score (nSPS) is 21.5. The van der Waals surface area contributed by atoms with Gasteiger partial charge in [0.2, 0.25) is 5.91 Å². The van der Waals surface area contributed by atoms with Crippen LogP contribution in [0.1, 0.15) is 39.5 Å². The van der Waals surface area contributed by atoms with E-state index in [1.54, 1.807) is 31.0 Å². The van der Waals surface area contributed by atoms with E-state index in [1.165, 1.54) is 30.6 Å². The molecule has 2 fully saturated rings. The van der Waals surface area contributed by atoms with Gasteiger partial charge in [0.15, 0.2) is 5.82 Å². The SMILES string of the molecule is CC(C)[C@@H]1N(C(=O)Nc2ccn(CC(=O)N(C)C)n2)CC12CCCC2. The van der Waals surface area contributed by atoms with Gasteiger partial charge < -0.3 is 9.80 Å². The number of amides is 3. The van der Waals surface area contributed by atoms with E-state index in [0.717, 1.165) is 6.54 Å². The molecule has 138 valence electrons. The fourth-order valence-electron chi connectivity index (χ4n) is 4.53. The van der Waals surface area contributed by atoms with Crippen LogP contribution in [0.25, 0.3) is 0 Å². The Morgan fingerprint density at radius 3 is 2.64 bits per heavy atom. The fourth-order valence-corrected chi connectivity index (χ4v) is 4.53. The average molecular weight is 347 g/mol.